The Morgan fingerprint density at radius 1 is 0.905 bits per heavy atom. The Bertz CT molecular complexity index is 680. The molecule has 2 aromatic rings. The van der Waals surface area contributed by atoms with Crippen LogP contribution in [-0.4, -0.2) is 4.98 Å². The topological polar surface area (TPSA) is 12.9 Å². The van der Waals surface area contributed by atoms with E-state index in [0.29, 0.717) is 11.8 Å². The summed E-state index contributed by atoms with van der Waals surface area (Å²) in [6, 6.07) is 4.73. The van der Waals surface area contributed by atoms with Crippen LogP contribution < -0.4 is 0 Å². The number of pyridine rings is 1. The Hall–Kier alpha value is -1.37. The maximum atomic E-state index is 5.07. The number of hydrogen-bond donors (Lipinski definition) is 0. The van der Waals surface area contributed by atoms with Crippen LogP contribution in [-0.2, 0) is 12.8 Å². The zero-order valence-corrected chi connectivity index (χ0v) is 14.1. The molecule has 21 heavy (non-hydrogen) atoms. The highest BCUT2D eigenvalue weighted by Crippen LogP contribution is 2.35. The van der Waals surface area contributed by atoms with E-state index < -0.39 is 0 Å². The van der Waals surface area contributed by atoms with Crippen molar-refractivity contribution in [1.29, 1.82) is 0 Å². The highest BCUT2D eigenvalue weighted by atomic mass is 14.7. The highest BCUT2D eigenvalue weighted by molar-refractivity contribution is 5.88. The largest absolute Gasteiger partial charge is 0.252 e. The fraction of sp³-hybridized carbons (Fsp3) is 0.550. The fourth-order valence-electron chi connectivity index (χ4n) is 3.66. The number of hydrogen-bond acceptors (Lipinski definition) is 1. The molecule has 0 fully saturated rings. The molecular weight excluding hydrogens is 254 g/mol. The van der Waals surface area contributed by atoms with Gasteiger partial charge in [-0.3, -0.25) is 4.98 Å². The van der Waals surface area contributed by atoms with Gasteiger partial charge in [0.1, 0.15) is 0 Å². The molecule has 1 heterocycles. The van der Waals surface area contributed by atoms with E-state index >= 15 is 0 Å². The number of aromatic nitrogens is 1. The summed E-state index contributed by atoms with van der Waals surface area (Å²) in [5, 5.41) is 1.40. The maximum absolute atomic E-state index is 5.07. The SMILES string of the molecule is Cc1cc2c(C(C)C)cc(C(C)C)nc2c2c1CCCC2. The van der Waals surface area contributed by atoms with Crippen LogP contribution in [0.4, 0.5) is 0 Å². The van der Waals surface area contributed by atoms with E-state index in [0.717, 1.165) is 0 Å². The number of aryl methyl sites for hydroxylation is 2. The normalized spacial score (nSPS) is 15.0. The van der Waals surface area contributed by atoms with Crippen LogP contribution in [0.2, 0.25) is 0 Å². The van der Waals surface area contributed by atoms with Crippen LogP contribution in [0.15, 0.2) is 12.1 Å². The van der Waals surface area contributed by atoms with Gasteiger partial charge in [0.05, 0.1) is 5.52 Å². The fourth-order valence-corrected chi connectivity index (χ4v) is 3.66. The van der Waals surface area contributed by atoms with E-state index in [4.69, 9.17) is 4.98 Å². The zero-order valence-electron chi connectivity index (χ0n) is 14.1. The molecule has 0 saturated carbocycles. The number of fused-ring (bicyclic) bond motifs is 3. The number of benzene rings is 1. The quantitative estimate of drug-likeness (QED) is 0.691. The summed E-state index contributed by atoms with van der Waals surface area (Å²) < 4.78 is 0. The minimum atomic E-state index is 0.493. The van der Waals surface area contributed by atoms with Gasteiger partial charge in [0.2, 0.25) is 0 Å². The van der Waals surface area contributed by atoms with Crippen LogP contribution in [0, 0.1) is 6.92 Å². The van der Waals surface area contributed by atoms with Crippen LogP contribution in [0.3, 0.4) is 0 Å². The summed E-state index contributed by atoms with van der Waals surface area (Å²) in [7, 11) is 0. The summed E-state index contributed by atoms with van der Waals surface area (Å²) in [6.45, 7) is 11.4. The average molecular weight is 281 g/mol. The van der Waals surface area contributed by atoms with Crippen molar-refractivity contribution >= 4 is 10.9 Å². The molecule has 0 N–H and O–H groups in total. The Morgan fingerprint density at radius 3 is 2.19 bits per heavy atom. The van der Waals surface area contributed by atoms with Crippen molar-refractivity contribution in [3.05, 3.63) is 40.1 Å². The van der Waals surface area contributed by atoms with E-state index in [1.165, 1.54) is 53.4 Å². The van der Waals surface area contributed by atoms with Crippen molar-refractivity contribution in [1.82, 2.24) is 4.98 Å². The van der Waals surface area contributed by atoms with Gasteiger partial charge in [-0.2, -0.15) is 0 Å². The van der Waals surface area contributed by atoms with Gasteiger partial charge in [0.25, 0.3) is 0 Å². The minimum Gasteiger partial charge on any atom is -0.252 e. The minimum absolute atomic E-state index is 0.493. The standard InChI is InChI=1S/C20H27N/c1-12(2)17-11-19(13(3)4)21-20-16-9-7-6-8-15(16)14(5)10-18(17)20/h10-13H,6-9H2,1-5H3. The van der Waals surface area contributed by atoms with Crippen LogP contribution in [0.1, 0.15) is 80.3 Å². The van der Waals surface area contributed by atoms with Gasteiger partial charge >= 0.3 is 0 Å². The van der Waals surface area contributed by atoms with Crippen LogP contribution in [0.5, 0.6) is 0 Å². The molecule has 0 unspecified atom stereocenters. The summed E-state index contributed by atoms with van der Waals surface area (Å²) in [6.07, 6.45) is 5.09. The smallest absolute Gasteiger partial charge is 0.0743 e. The van der Waals surface area contributed by atoms with E-state index in [2.05, 4.69) is 46.8 Å². The van der Waals surface area contributed by atoms with E-state index in [1.54, 1.807) is 11.1 Å². The van der Waals surface area contributed by atoms with Crippen molar-refractivity contribution in [2.75, 3.05) is 0 Å². The lowest BCUT2D eigenvalue weighted by atomic mass is 9.84. The second kappa shape index (κ2) is 5.44. The van der Waals surface area contributed by atoms with Crippen LogP contribution >= 0.6 is 0 Å². The molecule has 0 atom stereocenters. The monoisotopic (exact) mass is 281 g/mol. The molecule has 0 aliphatic heterocycles. The maximum Gasteiger partial charge on any atom is 0.0743 e. The molecule has 0 radical (unpaired) electrons. The van der Waals surface area contributed by atoms with E-state index in [1.807, 2.05) is 0 Å². The Labute approximate surface area is 128 Å². The van der Waals surface area contributed by atoms with Crippen molar-refractivity contribution in [2.45, 2.75) is 72.1 Å². The number of nitrogens with zero attached hydrogens (tertiary/aromatic N) is 1. The first-order chi connectivity index (χ1) is 9.99. The third-order valence-corrected chi connectivity index (χ3v) is 4.91. The van der Waals surface area contributed by atoms with Gasteiger partial charge in [0, 0.05) is 11.1 Å². The molecule has 1 aromatic heterocycles. The average Bonchev–Trinajstić information content (AvgIpc) is 2.46. The molecule has 0 saturated heterocycles. The van der Waals surface area contributed by atoms with Crippen molar-refractivity contribution in [2.24, 2.45) is 0 Å². The third-order valence-electron chi connectivity index (χ3n) is 4.91. The second-order valence-electron chi connectivity index (χ2n) is 7.20. The molecule has 0 bridgehead atoms. The molecule has 1 heteroatoms. The first-order valence-corrected chi connectivity index (χ1v) is 8.45. The molecule has 1 nitrogen and oxygen atoms in total. The first-order valence-electron chi connectivity index (χ1n) is 8.45. The molecule has 112 valence electrons. The molecule has 1 aliphatic rings. The first kappa shape index (κ1) is 14.6. The molecular formula is C20H27N. The predicted octanol–water partition coefficient (Wildman–Crippen LogP) is 5.67. The molecule has 1 aromatic carbocycles. The van der Waals surface area contributed by atoms with Gasteiger partial charge in [-0.1, -0.05) is 27.7 Å². The Morgan fingerprint density at radius 2 is 1.57 bits per heavy atom. The Kier molecular flexibility index (Phi) is 3.77. The lowest BCUT2D eigenvalue weighted by molar-refractivity contribution is 0.684. The summed E-state index contributed by atoms with van der Waals surface area (Å²) in [4.78, 5) is 5.07. The molecule has 0 spiro atoms. The Balaban J connectivity index is 2.38. The summed E-state index contributed by atoms with van der Waals surface area (Å²) in [5.41, 5.74) is 8.61. The molecule has 0 amide bonds. The third kappa shape index (κ3) is 2.47. The van der Waals surface area contributed by atoms with Gasteiger partial charge in [-0.05, 0) is 78.8 Å². The van der Waals surface area contributed by atoms with E-state index in [9.17, 15) is 0 Å². The van der Waals surface area contributed by atoms with Crippen molar-refractivity contribution in [3.8, 4) is 0 Å². The van der Waals surface area contributed by atoms with Gasteiger partial charge < -0.3 is 0 Å². The van der Waals surface area contributed by atoms with Crippen molar-refractivity contribution in [3.63, 3.8) is 0 Å². The predicted molar refractivity (Wildman–Crippen MR) is 91.3 cm³/mol. The highest BCUT2D eigenvalue weighted by Gasteiger charge is 2.19. The van der Waals surface area contributed by atoms with Gasteiger partial charge in [0.15, 0.2) is 0 Å². The van der Waals surface area contributed by atoms with E-state index in [-0.39, 0.29) is 0 Å². The molecule has 3 rings (SSSR count). The second-order valence-corrected chi connectivity index (χ2v) is 7.20. The summed E-state index contributed by atoms with van der Waals surface area (Å²) >= 11 is 0. The van der Waals surface area contributed by atoms with Crippen LogP contribution in [0.25, 0.3) is 10.9 Å². The summed E-state index contributed by atoms with van der Waals surface area (Å²) in [5.74, 6) is 1.04. The molecule has 1 aliphatic carbocycles. The van der Waals surface area contributed by atoms with Gasteiger partial charge in [-0.25, -0.2) is 0 Å². The zero-order chi connectivity index (χ0) is 15.1. The van der Waals surface area contributed by atoms with Crippen molar-refractivity contribution < 1.29 is 0 Å². The lowest BCUT2D eigenvalue weighted by Crippen LogP contribution is -2.09. The number of rotatable bonds is 2. The van der Waals surface area contributed by atoms with Gasteiger partial charge in [-0.15, -0.1) is 0 Å². The lowest BCUT2D eigenvalue weighted by Gasteiger charge is -2.23.